The van der Waals surface area contributed by atoms with E-state index >= 15 is 0 Å². The van der Waals surface area contributed by atoms with Crippen molar-refractivity contribution in [2.24, 2.45) is 15.7 Å². The molecule has 0 amide bonds. The molecule has 0 aliphatic rings. The van der Waals surface area contributed by atoms with E-state index in [0.29, 0.717) is 25.0 Å². The number of hydrogen-bond acceptors (Lipinski definition) is 6. The molecular formula is C32H54N6S. The van der Waals surface area contributed by atoms with Crippen molar-refractivity contribution in [2.45, 2.75) is 65.8 Å². The lowest BCUT2D eigenvalue weighted by atomic mass is 10.1. The van der Waals surface area contributed by atoms with Gasteiger partial charge < -0.3 is 11.1 Å². The first-order chi connectivity index (χ1) is 18.8. The zero-order chi connectivity index (χ0) is 29.3. The molecular weight excluding hydrogens is 500 g/mol. The second-order valence-electron chi connectivity index (χ2n) is 9.07. The van der Waals surface area contributed by atoms with E-state index in [0.717, 1.165) is 60.6 Å². The van der Waals surface area contributed by atoms with Gasteiger partial charge in [-0.25, -0.2) is 20.0 Å². The van der Waals surface area contributed by atoms with Gasteiger partial charge in [-0.15, -0.1) is 11.8 Å². The van der Waals surface area contributed by atoms with Crippen molar-refractivity contribution in [1.29, 1.82) is 0 Å². The number of nitrogens with two attached hydrogens (primary N) is 1. The van der Waals surface area contributed by atoms with Crippen LogP contribution >= 0.6 is 11.8 Å². The first kappa shape index (κ1) is 36.5. The predicted octanol–water partition coefficient (Wildman–Crippen LogP) is 7.05. The summed E-state index contributed by atoms with van der Waals surface area (Å²) in [5.74, 6) is 1.46. The highest BCUT2D eigenvalue weighted by molar-refractivity contribution is 8.03. The molecule has 0 saturated carbocycles. The van der Waals surface area contributed by atoms with E-state index in [-0.39, 0.29) is 0 Å². The Morgan fingerprint density at radius 2 is 1.87 bits per heavy atom. The van der Waals surface area contributed by atoms with E-state index in [1.165, 1.54) is 0 Å². The number of aliphatic imine (C=N–C) groups is 2. The van der Waals surface area contributed by atoms with Gasteiger partial charge in [0.05, 0.1) is 0 Å². The lowest BCUT2D eigenvalue weighted by Gasteiger charge is -2.34. The molecule has 0 aromatic heterocycles. The molecule has 0 fully saturated rings. The minimum atomic E-state index is 0.571. The number of allylic oxidation sites excluding steroid dienone is 6. The molecule has 0 aliphatic carbocycles. The van der Waals surface area contributed by atoms with Crippen LogP contribution in [0, 0.1) is 0 Å². The van der Waals surface area contributed by atoms with Crippen molar-refractivity contribution in [3.05, 3.63) is 84.1 Å². The van der Waals surface area contributed by atoms with Crippen LogP contribution in [0.1, 0.15) is 59.8 Å². The summed E-state index contributed by atoms with van der Waals surface area (Å²) < 4.78 is 0. The first-order valence-corrected chi connectivity index (χ1v) is 15.1. The van der Waals surface area contributed by atoms with Crippen molar-refractivity contribution in [2.75, 3.05) is 39.5 Å². The molecule has 0 aliphatic heterocycles. The fraction of sp³-hybridized carbons (Fsp3) is 0.500. The van der Waals surface area contributed by atoms with Crippen molar-refractivity contribution in [3.63, 3.8) is 0 Å². The molecule has 6 nitrogen and oxygen atoms in total. The van der Waals surface area contributed by atoms with Crippen LogP contribution in [0.2, 0.25) is 0 Å². The number of hydrogen-bond donors (Lipinski definition) is 2. The molecule has 0 bridgehead atoms. The third kappa shape index (κ3) is 18.5. The van der Waals surface area contributed by atoms with Crippen LogP contribution in [-0.2, 0) is 0 Å². The van der Waals surface area contributed by atoms with Crippen molar-refractivity contribution in [3.8, 4) is 0 Å². The molecule has 39 heavy (non-hydrogen) atoms. The molecule has 0 spiro atoms. The zero-order valence-corrected chi connectivity index (χ0v) is 26.2. The van der Waals surface area contributed by atoms with Gasteiger partial charge in [0.2, 0.25) is 0 Å². The third-order valence-electron chi connectivity index (χ3n) is 5.96. The molecule has 7 heteroatoms. The summed E-state index contributed by atoms with van der Waals surface area (Å²) in [7, 11) is 4.31. The van der Waals surface area contributed by atoms with Crippen LogP contribution in [0.5, 0.6) is 0 Å². The molecule has 0 aromatic carbocycles. The number of amidine groups is 1. The summed E-state index contributed by atoms with van der Waals surface area (Å²) in [6, 6.07) is 0.571. The molecule has 3 N–H and O–H groups in total. The SMILES string of the molecule is C=C/C=C/C/C=C(\C=C/C)C(=N/C=CCCN(C)N(C)C(CC)CC)/N=C/CNCC(=C)SCC(N)=CCC. The normalized spacial score (nSPS) is 14.0. The van der Waals surface area contributed by atoms with Crippen molar-refractivity contribution < 1.29 is 0 Å². The van der Waals surface area contributed by atoms with E-state index < -0.39 is 0 Å². The number of rotatable bonds is 21. The third-order valence-corrected chi connectivity index (χ3v) is 6.99. The molecule has 0 atom stereocenters. The molecule has 0 heterocycles. The number of thioether (sulfide) groups is 1. The quantitative estimate of drug-likeness (QED) is 0.0523. The molecule has 218 valence electrons. The lowest BCUT2D eigenvalue weighted by molar-refractivity contribution is -0.0154. The Bertz CT molecular complexity index is 890. The van der Waals surface area contributed by atoms with Gasteiger partial charge in [-0.05, 0) is 43.9 Å². The predicted molar refractivity (Wildman–Crippen MR) is 178 cm³/mol. The van der Waals surface area contributed by atoms with Gasteiger partial charge in [-0.3, -0.25) is 0 Å². The molecule has 0 radical (unpaired) electrons. The number of hydrazine groups is 1. The maximum Gasteiger partial charge on any atom is 0.158 e. The Labute approximate surface area is 244 Å². The Hall–Kier alpha value is -2.45. The molecule has 0 unspecified atom stereocenters. The summed E-state index contributed by atoms with van der Waals surface area (Å²) in [5, 5.41) is 8.00. The maximum atomic E-state index is 5.97. The van der Waals surface area contributed by atoms with Gasteiger partial charge in [-0.1, -0.05) is 82.5 Å². The van der Waals surface area contributed by atoms with Gasteiger partial charge in [0.25, 0.3) is 0 Å². The summed E-state index contributed by atoms with van der Waals surface area (Å²) in [5.41, 5.74) is 7.85. The highest BCUT2D eigenvalue weighted by Crippen LogP contribution is 2.14. The number of nitrogens with zero attached hydrogens (tertiary/aromatic N) is 4. The van der Waals surface area contributed by atoms with E-state index in [9.17, 15) is 0 Å². The maximum absolute atomic E-state index is 5.97. The number of nitrogens with one attached hydrogen (secondary N) is 1. The second-order valence-corrected chi connectivity index (χ2v) is 10.2. The average molecular weight is 555 g/mol. The Morgan fingerprint density at radius 1 is 1.13 bits per heavy atom. The lowest BCUT2D eigenvalue weighted by Crippen LogP contribution is -2.43. The van der Waals surface area contributed by atoms with Crippen LogP contribution in [0.15, 0.2) is 94.1 Å². The average Bonchev–Trinajstić information content (AvgIpc) is 2.92. The Kier molecular flexibility index (Phi) is 23.0. The van der Waals surface area contributed by atoms with E-state index in [1.54, 1.807) is 17.8 Å². The molecule has 0 saturated heterocycles. The summed E-state index contributed by atoms with van der Waals surface area (Å²) in [4.78, 5) is 10.5. The van der Waals surface area contributed by atoms with Gasteiger partial charge in [-0.2, -0.15) is 0 Å². The largest absolute Gasteiger partial charge is 0.402 e. The highest BCUT2D eigenvalue weighted by Gasteiger charge is 2.13. The first-order valence-electron chi connectivity index (χ1n) is 14.1. The monoisotopic (exact) mass is 554 g/mol. The minimum absolute atomic E-state index is 0.571. The van der Waals surface area contributed by atoms with Crippen LogP contribution in [0.3, 0.4) is 0 Å². The van der Waals surface area contributed by atoms with Crippen LogP contribution in [0.4, 0.5) is 0 Å². The minimum Gasteiger partial charge on any atom is -0.402 e. The van der Waals surface area contributed by atoms with Crippen molar-refractivity contribution in [1.82, 2.24) is 15.3 Å². The smallest absolute Gasteiger partial charge is 0.158 e. The summed E-state index contributed by atoms with van der Waals surface area (Å²) in [6.07, 6.45) is 24.8. The van der Waals surface area contributed by atoms with Crippen LogP contribution in [0.25, 0.3) is 0 Å². The second kappa shape index (κ2) is 24.6. The highest BCUT2D eigenvalue weighted by atomic mass is 32.2. The summed E-state index contributed by atoms with van der Waals surface area (Å²) in [6.45, 7) is 18.7. The zero-order valence-electron chi connectivity index (χ0n) is 25.4. The van der Waals surface area contributed by atoms with Crippen LogP contribution in [-0.4, -0.2) is 67.6 Å². The van der Waals surface area contributed by atoms with E-state index in [4.69, 9.17) is 15.7 Å². The van der Waals surface area contributed by atoms with E-state index in [1.807, 2.05) is 43.6 Å². The summed E-state index contributed by atoms with van der Waals surface area (Å²) >= 11 is 1.67. The van der Waals surface area contributed by atoms with Gasteiger partial charge in [0.15, 0.2) is 5.84 Å². The van der Waals surface area contributed by atoms with Gasteiger partial charge in [0.1, 0.15) is 0 Å². The fourth-order valence-corrected chi connectivity index (χ4v) is 4.34. The Morgan fingerprint density at radius 3 is 2.51 bits per heavy atom. The van der Waals surface area contributed by atoms with E-state index in [2.05, 4.69) is 81.6 Å². The standard InChI is InChI=1S/C32H54N6S/c1-9-14-15-16-21-29(19-10-2)32(35-22-17-18-25-37(7)38(8)31(12-4)13-5)36-24-23-34-26-28(6)39-27-30(33)20-11-3/h9-10,14-15,17,19-22,24,31,34H,1,6,11-13,16,18,23,25-27,33H2,2-5,7-8H3/b15-14+,19-10-,22-17?,29-21+,30-20?,35-32-,36-24+. The Balaban J connectivity index is 5.28. The van der Waals surface area contributed by atoms with Crippen LogP contribution < -0.4 is 11.1 Å². The molecule has 0 aromatic rings. The topological polar surface area (TPSA) is 69.2 Å². The fourth-order valence-electron chi connectivity index (χ4n) is 3.64. The van der Waals surface area contributed by atoms with Gasteiger partial charge in [0, 0.05) is 69.2 Å². The van der Waals surface area contributed by atoms with Gasteiger partial charge >= 0.3 is 0 Å². The van der Waals surface area contributed by atoms with Crippen molar-refractivity contribution >= 4 is 23.8 Å². The molecule has 0 rings (SSSR count).